The summed E-state index contributed by atoms with van der Waals surface area (Å²) in [6.45, 7) is 2.05. The van der Waals surface area contributed by atoms with Crippen LogP contribution in [0.2, 0.25) is 0 Å². The summed E-state index contributed by atoms with van der Waals surface area (Å²) in [5.41, 5.74) is 0. The smallest absolute Gasteiger partial charge is 0.326 e. The Morgan fingerprint density at radius 2 is 1.85 bits per heavy atom. The highest BCUT2D eigenvalue weighted by Crippen LogP contribution is 2.49. The standard InChI is InChI=1S/C15H24N2O3/c1-8(12-7-9-2-3-11(12)6-9)16-15(20)17-13(14(18)19)10-4-5-10/h8-13H,2-7H2,1H3,(H,18,19)(H2,16,17,20). The van der Waals surface area contributed by atoms with Gasteiger partial charge in [0.1, 0.15) is 6.04 Å². The van der Waals surface area contributed by atoms with Crippen molar-refractivity contribution in [2.24, 2.45) is 23.7 Å². The number of carboxylic acids is 1. The highest BCUT2D eigenvalue weighted by molar-refractivity contribution is 5.83. The molecule has 3 N–H and O–H groups in total. The van der Waals surface area contributed by atoms with Crippen molar-refractivity contribution in [3.05, 3.63) is 0 Å². The highest BCUT2D eigenvalue weighted by atomic mass is 16.4. The van der Waals surface area contributed by atoms with E-state index in [0.29, 0.717) is 5.92 Å². The number of hydrogen-bond donors (Lipinski definition) is 3. The van der Waals surface area contributed by atoms with E-state index >= 15 is 0 Å². The maximum Gasteiger partial charge on any atom is 0.326 e. The van der Waals surface area contributed by atoms with Crippen molar-refractivity contribution < 1.29 is 14.7 Å². The molecule has 5 nitrogen and oxygen atoms in total. The minimum Gasteiger partial charge on any atom is -0.480 e. The Labute approximate surface area is 119 Å². The molecule has 3 aliphatic rings. The summed E-state index contributed by atoms with van der Waals surface area (Å²) >= 11 is 0. The van der Waals surface area contributed by atoms with Crippen LogP contribution in [0.15, 0.2) is 0 Å². The zero-order valence-electron chi connectivity index (χ0n) is 12.0. The number of carbonyl (C=O) groups is 2. The summed E-state index contributed by atoms with van der Waals surface area (Å²) in [5.74, 6) is 1.39. The number of hydrogen-bond acceptors (Lipinski definition) is 2. The summed E-state index contributed by atoms with van der Waals surface area (Å²) in [6.07, 6.45) is 6.99. The number of urea groups is 1. The molecule has 2 bridgehead atoms. The second-order valence-electron chi connectivity index (χ2n) is 6.90. The average Bonchev–Trinajstić information content (AvgIpc) is 3.00. The molecule has 5 heteroatoms. The third kappa shape index (κ3) is 2.76. The molecule has 0 aliphatic heterocycles. The minimum absolute atomic E-state index is 0.121. The van der Waals surface area contributed by atoms with Crippen molar-refractivity contribution in [1.29, 1.82) is 0 Å². The Morgan fingerprint density at radius 3 is 2.35 bits per heavy atom. The van der Waals surface area contributed by atoms with Crippen molar-refractivity contribution >= 4 is 12.0 Å². The zero-order chi connectivity index (χ0) is 14.3. The van der Waals surface area contributed by atoms with E-state index in [4.69, 9.17) is 5.11 Å². The first kappa shape index (κ1) is 13.7. The quantitative estimate of drug-likeness (QED) is 0.720. The summed E-state index contributed by atoms with van der Waals surface area (Å²) in [4.78, 5) is 23.1. The first-order valence-corrected chi connectivity index (χ1v) is 7.84. The summed E-state index contributed by atoms with van der Waals surface area (Å²) in [6, 6.07) is -0.902. The third-order valence-corrected chi connectivity index (χ3v) is 5.44. The van der Waals surface area contributed by atoms with E-state index in [0.717, 1.165) is 24.7 Å². The molecule has 3 aliphatic carbocycles. The summed E-state index contributed by atoms with van der Waals surface area (Å²) in [7, 11) is 0. The average molecular weight is 280 g/mol. The second-order valence-corrected chi connectivity index (χ2v) is 6.90. The number of fused-ring (bicyclic) bond motifs is 2. The molecule has 0 saturated heterocycles. The molecule has 0 spiro atoms. The van der Waals surface area contributed by atoms with Gasteiger partial charge in [0.2, 0.25) is 0 Å². The van der Waals surface area contributed by atoms with Gasteiger partial charge in [-0.05, 0) is 62.7 Å². The van der Waals surface area contributed by atoms with Gasteiger partial charge in [-0.2, -0.15) is 0 Å². The van der Waals surface area contributed by atoms with Crippen LogP contribution in [-0.4, -0.2) is 29.2 Å². The van der Waals surface area contributed by atoms with Crippen molar-refractivity contribution in [3.8, 4) is 0 Å². The number of carbonyl (C=O) groups excluding carboxylic acids is 1. The van der Waals surface area contributed by atoms with Crippen molar-refractivity contribution in [1.82, 2.24) is 10.6 Å². The van der Waals surface area contributed by atoms with Crippen LogP contribution >= 0.6 is 0 Å². The Morgan fingerprint density at radius 1 is 1.10 bits per heavy atom. The van der Waals surface area contributed by atoms with Gasteiger partial charge < -0.3 is 15.7 Å². The van der Waals surface area contributed by atoms with E-state index in [2.05, 4.69) is 17.6 Å². The SMILES string of the molecule is CC(NC(=O)NC(C(=O)O)C1CC1)C1CC2CCC1C2. The number of nitrogens with one attached hydrogen (secondary N) is 2. The van der Waals surface area contributed by atoms with E-state index in [1.807, 2.05) is 0 Å². The zero-order valence-corrected chi connectivity index (χ0v) is 12.0. The van der Waals surface area contributed by atoms with Crippen molar-refractivity contribution in [3.63, 3.8) is 0 Å². The fourth-order valence-electron chi connectivity index (χ4n) is 4.21. The molecule has 3 saturated carbocycles. The molecule has 0 aromatic rings. The maximum atomic E-state index is 12.0. The van der Waals surface area contributed by atoms with Gasteiger partial charge in [0, 0.05) is 6.04 Å². The third-order valence-electron chi connectivity index (χ3n) is 5.44. The fourth-order valence-corrected chi connectivity index (χ4v) is 4.21. The van der Waals surface area contributed by atoms with Crippen LogP contribution < -0.4 is 10.6 Å². The Hall–Kier alpha value is -1.26. The molecule has 5 unspecified atom stereocenters. The lowest BCUT2D eigenvalue weighted by Gasteiger charge is -2.29. The Bertz CT molecular complexity index is 408. The predicted molar refractivity (Wildman–Crippen MR) is 74.2 cm³/mol. The molecular weight excluding hydrogens is 256 g/mol. The predicted octanol–water partition coefficient (Wildman–Crippen LogP) is 1.97. The summed E-state index contributed by atoms with van der Waals surface area (Å²) in [5, 5.41) is 14.7. The lowest BCUT2D eigenvalue weighted by Crippen LogP contribution is -2.51. The molecule has 0 aromatic heterocycles. The van der Waals surface area contributed by atoms with Crippen molar-refractivity contribution in [2.45, 2.75) is 57.5 Å². The first-order valence-electron chi connectivity index (χ1n) is 7.84. The largest absolute Gasteiger partial charge is 0.480 e. The number of carboxylic acid groups (broad SMARTS) is 1. The van der Waals surface area contributed by atoms with Gasteiger partial charge in [-0.25, -0.2) is 9.59 Å². The van der Waals surface area contributed by atoms with Gasteiger partial charge in [0.15, 0.2) is 0 Å². The van der Waals surface area contributed by atoms with Gasteiger partial charge >= 0.3 is 12.0 Å². The topological polar surface area (TPSA) is 78.4 Å². The number of aliphatic carboxylic acids is 1. The highest BCUT2D eigenvalue weighted by Gasteiger charge is 2.42. The van der Waals surface area contributed by atoms with E-state index in [9.17, 15) is 9.59 Å². The monoisotopic (exact) mass is 280 g/mol. The van der Waals surface area contributed by atoms with Crippen LogP contribution in [0.3, 0.4) is 0 Å². The maximum absolute atomic E-state index is 12.0. The van der Waals surface area contributed by atoms with Gasteiger partial charge in [-0.3, -0.25) is 0 Å². The molecule has 20 heavy (non-hydrogen) atoms. The molecule has 3 rings (SSSR count). The molecule has 3 fully saturated rings. The lowest BCUT2D eigenvalue weighted by molar-refractivity contribution is -0.139. The number of amides is 2. The van der Waals surface area contributed by atoms with Gasteiger partial charge in [-0.15, -0.1) is 0 Å². The van der Waals surface area contributed by atoms with Crippen molar-refractivity contribution in [2.75, 3.05) is 0 Å². The van der Waals surface area contributed by atoms with Gasteiger partial charge in [-0.1, -0.05) is 6.42 Å². The van der Waals surface area contributed by atoms with Gasteiger partial charge in [0.05, 0.1) is 0 Å². The molecule has 0 aromatic carbocycles. The van der Waals surface area contributed by atoms with Crippen LogP contribution in [0.1, 0.15) is 45.4 Å². The number of rotatable bonds is 5. The lowest BCUT2D eigenvalue weighted by atomic mass is 9.84. The van der Waals surface area contributed by atoms with E-state index in [1.165, 1.54) is 25.7 Å². The van der Waals surface area contributed by atoms with Crippen LogP contribution in [0.25, 0.3) is 0 Å². The molecule has 112 valence electrons. The molecule has 0 heterocycles. The van der Waals surface area contributed by atoms with Crippen LogP contribution in [-0.2, 0) is 4.79 Å². The first-order chi connectivity index (χ1) is 9.54. The molecule has 0 radical (unpaired) electrons. The van der Waals surface area contributed by atoms with E-state index in [1.54, 1.807) is 0 Å². The Balaban J connectivity index is 1.49. The normalized spacial score (nSPS) is 34.5. The minimum atomic E-state index is -0.921. The molecular formula is C15H24N2O3. The van der Waals surface area contributed by atoms with Crippen LogP contribution in [0.4, 0.5) is 4.79 Å². The summed E-state index contributed by atoms with van der Waals surface area (Å²) < 4.78 is 0. The van der Waals surface area contributed by atoms with E-state index in [-0.39, 0.29) is 18.0 Å². The second kappa shape index (κ2) is 5.26. The molecule has 5 atom stereocenters. The van der Waals surface area contributed by atoms with Gasteiger partial charge in [0.25, 0.3) is 0 Å². The molecule has 2 amide bonds. The van der Waals surface area contributed by atoms with Crippen LogP contribution in [0.5, 0.6) is 0 Å². The fraction of sp³-hybridized carbons (Fsp3) is 0.867. The van der Waals surface area contributed by atoms with Crippen LogP contribution in [0, 0.1) is 23.7 Å². The van der Waals surface area contributed by atoms with E-state index < -0.39 is 12.0 Å². The Kier molecular flexibility index (Phi) is 3.61.